The van der Waals surface area contributed by atoms with Crippen molar-refractivity contribution >= 4 is 5.91 Å². The molecule has 5 heteroatoms. The molecule has 1 aromatic heterocycles. The second-order valence-electron chi connectivity index (χ2n) is 7.70. The molecule has 0 aliphatic heterocycles. The van der Waals surface area contributed by atoms with Crippen LogP contribution in [0.5, 0.6) is 0 Å². The summed E-state index contributed by atoms with van der Waals surface area (Å²) in [6.45, 7) is 8.19. The Morgan fingerprint density at radius 1 is 1.33 bits per heavy atom. The fraction of sp³-hybridized carbons (Fsp3) is 0.474. The standard InChI is InChI=1S/C19H24FN3O/c1-12(2)18(24)22-16-9-19(3,4)10-17-15(16)11-21-23(17)14-7-5-13(20)6-8-14/h5-8,11-12,16H,9-10H2,1-4H3,(H,22,24)/t16-/m1/s1. The predicted molar refractivity (Wildman–Crippen MR) is 91.3 cm³/mol. The zero-order valence-electron chi connectivity index (χ0n) is 14.6. The van der Waals surface area contributed by atoms with Crippen LogP contribution < -0.4 is 5.32 Å². The quantitative estimate of drug-likeness (QED) is 0.931. The van der Waals surface area contributed by atoms with E-state index in [1.54, 1.807) is 12.1 Å². The number of carbonyl (C=O) groups is 1. The lowest BCUT2D eigenvalue weighted by Gasteiger charge is -2.36. The Bertz CT molecular complexity index is 746. The minimum atomic E-state index is -0.262. The Labute approximate surface area is 142 Å². The van der Waals surface area contributed by atoms with Gasteiger partial charge < -0.3 is 5.32 Å². The van der Waals surface area contributed by atoms with Gasteiger partial charge in [0.2, 0.25) is 5.91 Å². The van der Waals surface area contributed by atoms with Gasteiger partial charge in [0.25, 0.3) is 0 Å². The Kier molecular flexibility index (Phi) is 4.20. The molecule has 1 aromatic carbocycles. The summed E-state index contributed by atoms with van der Waals surface area (Å²) in [5.41, 5.74) is 3.04. The summed E-state index contributed by atoms with van der Waals surface area (Å²) < 4.78 is 15.1. The van der Waals surface area contributed by atoms with E-state index in [4.69, 9.17) is 0 Å². The number of rotatable bonds is 3. The van der Waals surface area contributed by atoms with Crippen LogP contribution in [0.15, 0.2) is 30.5 Å². The predicted octanol–water partition coefficient (Wildman–Crippen LogP) is 3.80. The second kappa shape index (κ2) is 6.04. The summed E-state index contributed by atoms with van der Waals surface area (Å²) in [5, 5.41) is 7.66. The Morgan fingerprint density at radius 3 is 2.62 bits per heavy atom. The van der Waals surface area contributed by atoms with Crippen LogP contribution in [0, 0.1) is 17.2 Å². The SMILES string of the molecule is CC(C)C(=O)N[C@@H]1CC(C)(C)Cc2c1cnn2-c1ccc(F)cc1. The molecule has 0 spiro atoms. The number of amides is 1. The summed E-state index contributed by atoms with van der Waals surface area (Å²) >= 11 is 0. The van der Waals surface area contributed by atoms with Crippen LogP contribution in [0.25, 0.3) is 5.69 Å². The van der Waals surface area contributed by atoms with Crippen LogP contribution in [-0.4, -0.2) is 15.7 Å². The van der Waals surface area contributed by atoms with Gasteiger partial charge in [-0.25, -0.2) is 9.07 Å². The van der Waals surface area contributed by atoms with Gasteiger partial charge in [-0.15, -0.1) is 0 Å². The maximum absolute atomic E-state index is 13.2. The molecule has 1 aliphatic rings. The Balaban J connectivity index is 1.99. The van der Waals surface area contributed by atoms with Gasteiger partial charge >= 0.3 is 0 Å². The van der Waals surface area contributed by atoms with Gasteiger partial charge in [-0.1, -0.05) is 27.7 Å². The van der Waals surface area contributed by atoms with Crippen molar-refractivity contribution in [2.24, 2.45) is 11.3 Å². The maximum Gasteiger partial charge on any atom is 0.223 e. The van der Waals surface area contributed by atoms with E-state index >= 15 is 0 Å². The molecule has 24 heavy (non-hydrogen) atoms. The third-order valence-corrected chi connectivity index (χ3v) is 4.59. The number of hydrogen-bond acceptors (Lipinski definition) is 2. The zero-order chi connectivity index (χ0) is 17.5. The van der Waals surface area contributed by atoms with Crippen molar-refractivity contribution in [1.29, 1.82) is 0 Å². The van der Waals surface area contributed by atoms with Crippen molar-refractivity contribution in [3.63, 3.8) is 0 Å². The van der Waals surface area contributed by atoms with Crippen molar-refractivity contribution in [2.45, 2.75) is 46.6 Å². The number of aromatic nitrogens is 2. The maximum atomic E-state index is 13.2. The lowest BCUT2D eigenvalue weighted by molar-refractivity contribution is -0.125. The minimum Gasteiger partial charge on any atom is -0.349 e. The van der Waals surface area contributed by atoms with E-state index < -0.39 is 0 Å². The third kappa shape index (κ3) is 3.21. The normalized spacial score (nSPS) is 19.2. The van der Waals surface area contributed by atoms with E-state index in [0.717, 1.165) is 29.8 Å². The van der Waals surface area contributed by atoms with Gasteiger partial charge in [-0.2, -0.15) is 5.10 Å². The van der Waals surface area contributed by atoms with Gasteiger partial charge in [-0.3, -0.25) is 4.79 Å². The monoisotopic (exact) mass is 329 g/mol. The highest BCUT2D eigenvalue weighted by atomic mass is 19.1. The van der Waals surface area contributed by atoms with Crippen molar-refractivity contribution < 1.29 is 9.18 Å². The zero-order valence-corrected chi connectivity index (χ0v) is 14.6. The molecule has 0 fully saturated rings. The van der Waals surface area contributed by atoms with E-state index in [9.17, 15) is 9.18 Å². The lowest BCUT2D eigenvalue weighted by Crippen LogP contribution is -2.38. The van der Waals surface area contributed by atoms with Gasteiger partial charge in [-0.05, 0) is 42.5 Å². The molecule has 1 heterocycles. The van der Waals surface area contributed by atoms with Gasteiger partial charge in [0, 0.05) is 11.5 Å². The molecule has 1 N–H and O–H groups in total. The number of halogens is 1. The first-order valence-electron chi connectivity index (χ1n) is 8.40. The van der Waals surface area contributed by atoms with Crippen LogP contribution in [0.4, 0.5) is 4.39 Å². The molecule has 1 amide bonds. The van der Waals surface area contributed by atoms with E-state index in [0.29, 0.717) is 0 Å². The summed E-state index contributed by atoms with van der Waals surface area (Å²) in [5.74, 6) is -0.258. The average Bonchev–Trinajstić information content (AvgIpc) is 2.90. The smallest absolute Gasteiger partial charge is 0.223 e. The van der Waals surface area contributed by atoms with Crippen molar-refractivity contribution in [3.8, 4) is 5.69 Å². The first-order chi connectivity index (χ1) is 11.3. The summed E-state index contributed by atoms with van der Waals surface area (Å²) in [4.78, 5) is 12.2. The molecule has 0 bridgehead atoms. The molecule has 0 radical (unpaired) electrons. The molecule has 0 unspecified atom stereocenters. The highest BCUT2D eigenvalue weighted by Gasteiger charge is 2.36. The van der Waals surface area contributed by atoms with E-state index in [2.05, 4.69) is 24.3 Å². The molecule has 3 rings (SSSR count). The number of fused-ring (bicyclic) bond motifs is 1. The molecule has 0 saturated carbocycles. The van der Waals surface area contributed by atoms with Crippen LogP contribution in [0.3, 0.4) is 0 Å². The molecule has 128 valence electrons. The third-order valence-electron chi connectivity index (χ3n) is 4.59. The van der Waals surface area contributed by atoms with Crippen molar-refractivity contribution in [3.05, 3.63) is 47.5 Å². The second-order valence-corrected chi connectivity index (χ2v) is 7.70. The Hall–Kier alpha value is -2.17. The van der Waals surface area contributed by atoms with E-state index in [-0.39, 0.29) is 29.1 Å². The number of carbonyl (C=O) groups excluding carboxylic acids is 1. The highest BCUT2D eigenvalue weighted by Crippen LogP contribution is 2.41. The number of benzene rings is 1. The summed E-state index contributed by atoms with van der Waals surface area (Å²) in [6.07, 6.45) is 3.58. The molecule has 1 atom stereocenters. The molecular formula is C19H24FN3O. The lowest BCUT2D eigenvalue weighted by atomic mass is 9.74. The molecular weight excluding hydrogens is 305 g/mol. The van der Waals surface area contributed by atoms with Crippen molar-refractivity contribution in [2.75, 3.05) is 0 Å². The van der Waals surface area contributed by atoms with E-state index in [1.165, 1.54) is 12.1 Å². The topological polar surface area (TPSA) is 46.9 Å². The van der Waals surface area contributed by atoms with Crippen LogP contribution in [-0.2, 0) is 11.2 Å². The highest BCUT2D eigenvalue weighted by molar-refractivity contribution is 5.78. The summed E-state index contributed by atoms with van der Waals surface area (Å²) in [7, 11) is 0. The number of hydrogen-bond donors (Lipinski definition) is 1. The summed E-state index contributed by atoms with van der Waals surface area (Å²) in [6, 6.07) is 6.30. The average molecular weight is 329 g/mol. The fourth-order valence-electron chi connectivity index (χ4n) is 3.31. The molecule has 2 aromatic rings. The fourth-order valence-corrected chi connectivity index (χ4v) is 3.31. The van der Waals surface area contributed by atoms with E-state index in [1.807, 2.05) is 24.7 Å². The first-order valence-corrected chi connectivity index (χ1v) is 8.40. The van der Waals surface area contributed by atoms with Crippen LogP contribution in [0.1, 0.15) is 51.4 Å². The van der Waals surface area contributed by atoms with Gasteiger partial charge in [0.1, 0.15) is 5.82 Å². The Morgan fingerprint density at radius 2 is 2.00 bits per heavy atom. The van der Waals surface area contributed by atoms with Gasteiger partial charge in [0.05, 0.1) is 23.6 Å². The minimum absolute atomic E-state index is 0.0344. The first kappa shape index (κ1) is 16.7. The largest absolute Gasteiger partial charge is 0.349 e. The molecule has 0 saturated heterocycles. The number of nitrogens with zero attached hydrogens (tertiary/aromatic N) is 2. The molecule has 4 nitrogen and oxygen atoms in total. The van der Waals surface area contributed by atoms with Gasteiger partial charge in [0.15, 0.2) is 0 Å². The van der Waals surface area contributed by atoms with Crippen molar-refractivity contribution in [1.82, 2.24) is 15.1 Å². The van der Waals surface area contributed by atoms with Crippen LogP contribution in [0.2, 0.25) is 0 Å². The van der Waals surface area contributed by atoms with Crippen LogP contribution >= 0.6 is 0 Å². The molecule has 1 aliphatic carbocycles. The number of nitrogens with one attached hydrogen (secondary N) is 1.